The number of aromatic nitrogens is 1. The summed E-state index contributed by atoms with van der Waals surface area (Å²) in [6, 6.07) is 10.6. The number of anilines is 1. The summed E-state index contributed by atoms with van der Waals surface area (Å²) < 4.78 is 44.8. The first kappa shape index (κ1) is 25.0. The van der Waals surface area contributed by atoms with Gasteiger partial charge < -0.3 is 9.52 Å². The van der Waals surface area contributed by atoms with Gasteiger partial charge in [-0.15, -0.1) is 0 Å². The molecule has 0 aliphatic carbocycles. The van der Waals surface area contributed by atoms with Gasteiger partial charge in [-0.1, -0.05) is 23.5 Å². The SMILES string of the molecule is O=C(C1=C(O)C(=O)N(c2ncc(S(=O)(=O)c3ccc([N+](=O)[O-])cc3)s2)C1c1ccc(F)cc1)c1ccco1. The average molecular weight is 556 g/mol. The van der Waals surface area contributed by atoms with E-state index in [4.69, 9.17) is 4.42 Å². The summed E-state index contributed by atoms with van der Waals surface area (Å²) in [6.45, 7) is 0. The molecule has 1 atom stereocenters. The van der Waals surface area contributed by atoms with Crippen LogP contribution >= 0.6 is 11.3 Å². The van der Waals surface area contributed by atoms with Crippen LogP contribution in [0.15, 0.2) is 98.0 Å². The Morgan fingerprint density at radius 3 is 2.42 bits per heavy atom. The van der Waals surface area contributed by atoms with Crippen LogP contribution in [0.3, 0.4) is 0 Å². The fourth-order valence-electron chi connectivity index (χ4n) is 3.88. The van der Waals surface area contributed by atoms with Crippen molar-refractivity contribution < 1.29 is 36.8 Å². The van der Waals surface area contributed by atoms with Gasteiger partial charge in [0.25, 0.3) is 11.6 Å². The quantitative estimate of drug-likeness (QED) is 0.198. The Morgan fingerprint density at radius 1 is 1.13 bits per heavy atom. The Bertz CT molecular complexity index is 1710. The monoisotopic (exact) mass is 555 g/mol. The summed E-state index contributed by atoms with van der Waals surface area (Å²) in [5.41, 5.74) is -0.408. The number of hydrogen-bond donors (Lipinski definition) is 1. The first-order chi connectivity index (χ1) is 18.1. The number of sulfone groups is 1. The van der Waals surface area contributed by atoms with Crippen LogP contribution in [-0.2, 0) is 14.6 Å². The number of halogens is 1. The molecular weight excluding hydrogens is 541 g/mol. The number of ketones is 1. The minimum atomic E-state index is -4.19. The number of nitro groups is 1. The molecule has 4 aromatic rings. The Balaban J connectivity index is 1.57. The summed E-state index contributed by atoms with van der Waals surface area (Å²) in [7, 11) is -4.19. The van der Waals surface area contributed by atoms with E-state index in [0.717, 1.165) is 47.5 Å². The number of non-ortho nitro benzene ring substituents is 1. The van der Waals surface area contributed by atoms with Crippen molar-refractivity contribution in [1.82, 2.24) is 4.98 Å². The molecule has 3 heterocycles. The molecule has 1 aliphatic rings. The van der Waals surface area contributed by atoms with Crippen molar-refractivity contribution >= 4 is 43.7 Å². The highest BCUT2D eigenvalue weighted by atomic mass is 32.2. The van der Waals surface area contributed by atoms with Crippen molar-refractivity contribution in [3.63, 3.8) is 0 Å². The van der Waals surface area contributed by atoms with Crippen molar-refractivity contribution in [2.75, 3.05) is 4.90 Å². The maximum Gasteiger partial charge on any atom is 0.296 e. The normalized spacial score (nSPS) is 15.8. The van der Waals surface area contributed by atoms with Crippen LogP contribution in [0.1, 0.15) is 22.2 Å². The molecule has 11 nitrogen and oxygen atoms in total. The van der Waals surface area contributed by atoms with E-state index < -0.39 is 44.1 Å². The molecule has 5 rings (SSSR count). The number of nitro benzene ring substituents is 1. The first-order valence-corrected chi connectivity index (χ1v) is 13.0. The summed E-state index contributed by atoms with van der Waals surface area (Å²) >= 11 is 0.587. The Morgan fingerprint density at radius 2 is 1.82 bits per heavy atom. The topological polar surface area (TPSA) is 161 Å². The van der Waals surface area contributed by atoms with Crippen molar-refractivity contribution in [3.8, 4) is 0 Å². The highest BCUT2D eigenvalue weighted by Gasteiger charge is 2.46. The molecule has 1 amide bonds. The van der Waals surface area contributed by atoms with E-state index in [1.165, 1.54) is 30.5 Å². The Kier molecular flexibility index (Phi) is 6.12. The molecule has 1 aliphatic heterocycles. The zero-order valence-corrected chi connectivity index (χ0v) is 20.5. The minimum absolute atomic E-state index is 0.158. The standard InChI is InChI=1S/C24H14FN3O8S2/c25-14-5-3-13(4-6-14)20-19(21(29)17-2-1-11-36-17)22(30)23(31)27(20)24-26-12-18(37-24)38(34,35)16-9-7-15(8-10-16)28(32)33/h1-12,20,30H. The number of nitrogens with zero attached hydrogens (tertiary/aromatic N) is 3. The molecule has 0 fully saturated rings. The smallest absolute Gasteiger partial charge is 0.296 e. The summed E-state index contributed by atoms with van der Waals surface area (Å²) in [5.74, 6) is -3.46. The zero-order valence-electron chi connectivity index (χ0n) is 18.8. The van der Waals surface area contributed by atoms with Crippen LogP contribution < -0.4 is 4.90 Å². The summed E-state index contributed by atoms with van der Waals surface area (Å²) in [5, 5.41) is 21.4. The molecule has 0 bridgehead atoms. The zero-order chi connectivity index (χ0) is 27.2. The number of hydrogen-bond acceptors (Lipinski definition) is 10. The van der Waals surface area contributed by atoms with Gasteiger partial charge in [0, 0.05) is 12.1 Å². The molecule has 0 spiro atoms. The van der Waals surface area contributed by atoms with Crippen LogP contribution in [0.25, 0.3) is 0 Å². The lowest BCUT2D eigenvalue weighted by molar-refractivity contribution is -0.384. The lowest BCUT2D eigenvalue weighted by Gasteiger charge is -2.24. The third-order valence-corrected chi connectivity index (χ3v) is 8.91. The number of aliphatic hydroxyl groups excluding tert-OH is 1. The lowest BCUT2D eigenvalue weighted by Crippen LogP contribution is -2.30. The van der Waals surface area contributed by atoms with E-state index >= 15 is 0 Å². The predicted molar refractivity (Wildman–Crippen MR) is 130 cm³/mol. The van der Waals surface area contributed by atoms with E-state index in [1.54, 1.807) is 0 Å². The third kappa shape index (κ3) is 4.14. The number of carbonyl (C=O) groups excluding carboxylic acids is 2. The molecule has 0 saturated carbocycles. The minimum Gasteiger partial charge on any atom is -0.503 e. The number of furan rings is 1. The van der Waals surface area contributed by atoms with Crippen LogP contribution in [0.4, 0.5) is 15.2 Å². The van der Waals surface area contributed by atoms with Gasteiger partial charge in [0.15, 0.2) is 16.7 Å². The van der Waals surface area contributed by atoms with E-state index in [1.807, 2.05) is 0 Å². The molecule has 0 saturated heterocycles. The second kappa shape index (κ2) is 9.32. The number of carbonyl (C=O) groups is 2. The van der Waals surface area contributed by atoms with Crippen LogP contribution in [-0.4, -0.2) is 35.1 Å². The number of rotatable bonds is 7. The number of benzene rings is 2. The second-order valence-corrected chi connectivity index (χ2v) is 11.1. The van der Waals surface area contributed by atoms with Gasteiger partial charge in [-0.2, -0.15) is 0 Å². The fraction of sp³-hybridized carbons (Fsp3) is 0.0417. The molecule has 1 N–H and O–H groups in total. The number of amides is 1. The third-order valence-electron chi connectivity index (χ3n) is 5.68. The van der Waals surface area contributed by atoms with Crippen LogP contribution in [0.2, 0.25) is 0 Å². The fourth-order valence-corrected chi connectivity index (χ4v) is 6.43. The highest BCUT2D eigenvalue weighted by molar-refractivity contribution is 7.93. The lowest BCUT2D eigenvalue weighted by atomic mass is 9.95. The van der Waals surface area contributed by atoms with Crippen LogP contribution in [0.5, 0.6) is 0 Å². The number of Topliss-reactive ketones (excluding diaryl/α,β-unsaturated/α-hetero) is 1. The molecular formula is C24H14FN3O8S2. The predicted octanol–water partition coefficient (Wildman–Crippen LogP) is 4.40. The maximum atomic E-state index is 13.7. The molecule has 14 heteroatoms. The second-order valence-electron chi connectivity index (χ2n) is 7.91. The van der Waals surface area contributed by atoms with Crippen molar-refractivity contribution in [2.45, 2.75) is 15.1 Å². The maximum absolute atomic E-state index is 13.7. The number of aliphatic hydroxyl groups is 1. The van der Waals surface area contributed by atoms with Gasteiger partial charge in [-0.05, 0) is 42.0 Å². The van der Waals surface area contributed by atoms with E-state index in [0.29, 0.717) is 11.3 Å². The van der Waals surface area contributed by atoms with Gasteiger partial charge in [-0.25, -0.2) is 17.8 Å². The van der Waals surface area contributed by atoms with Crippen LogP contribution in [0, 0.1) is 15.9 Å². The van der Waals surface area contributed by atoms with Gasteiger partial charge >= 0.3 is 0 Å². The van der Waals surface area contributed by atoms with Gasteiger partial charge in [-0.3, -0.25) is 24.6 Å². The molecule has 2 aromatic carbocycles. The van der Waals surface area contributed by atoms with E-state index in [9.17, 15) is 37.6 Å². The van der Waals surface area contributed by atoms with Gasteiger partial charge in [0.1, 0.15) is 10.0 Å². The first-order valence-electron chi connectivity index (χ1n) is 10.7. The number of thiazole rings is 1. The average Bonchev–Trinajstić information content (AvgIpc) is 3.65. The summed E-state index contributed by atoms with van der Waals surface area (Å²) in [4.78, 5) is 41.4. The molecule has 192 valence electrons. The largest absolute Gasteiger partial charge is 0.503 e. The molecule has 38 heavy (non-hydrogen) atoms. The molecule has 2 aromatic heterocycles. The highest BCUT2D eigenvalue weighted by Crippen LogP contribution is 2.44. The Hall–Kier alpha value is -4.69. The molecule has 1 unspecified atom stereocenters. The van der Waals surface area contributed by atoms with Gasteiger partial charge in [0.2, 0.25) is 15.6 Å². The summed E-state index contributed by atoms with van der Waals surface area (Å²) in [6.07, 6.45) is 2.23. The van der Waals surface area contributed by atoms with Crippen molar-refractivity contribution in [3.05, 3.63) is 112 Å². The van der Waals surface area contributed by atoms with E-state index in [2.05, 4.69) is 4.98 Å². The molecule has 0 radical (unpaired) electrons. The Labute approximate surface area is 217 Å². The van der Waals surface area contributed by atoms with Crippen molar-refractivity contribution in [1.29, 1.82) is 0 Å². The van der Waals surface area contributed by atoms with Crippen molar-refractivity contribution in [2.24, 2.45) is 0 Å². The van der Waals surface area contributed by atoms with Gasteiger partial charge in [0.05, 0.1) is 33.9 Å². The van der Waals surface area contributed by atoms with E-state index in [-0.39, 0.29) is 36.8 Å².